The van der Waals surface area contributed by atoms with Gasteiger partial charge in [0.15, 0.2) is 12.4 Å². The molecule has 1 saturated heterocycles. The molecule has 0 amide bonds. The topological polar surface area (TPSA) is 82.1 Å². The summed E-state index contributed by atoms with van der Waals surface area (Å²) >= 11 is 0. The number of rotatable bonds is 5. The predicted octanol–water partition coefficient (Wildman–Crippen LogP) is 1.40. The first-order valence-electron chi connectivity index (χ1n) is 6.75. The van der Waals surface area contributed by atoms with Crippen LogP contribution < -0.4 is 0 Å². The minimum Gasteiger partial charge on any atom is -0.454 e. The largest absolute Gasteiger partial charge is 0.454 e. The molecule has 1 aliphatic rings. The molecular weight excluding hydrogens is 264 g/mol. The molecule has 20 heavy (non-hydrogen) atoms. The molecule has 6 nitrogen and oxygen atoms in total. The SMILES string of the molecule is CCC(C)(C)C(=O)OCC(=O)OC1(C)COC(C)(O)C1. The zero-order valence-electron chi connectivity index (χ0n) is 12.8. The van der Waals surface area contributed by atoms with Crippen LogP contribution >= 0.6 is 0 Å². The van der Waals surface area contributed by atoms with Crippen LogP contribution in [-0.4, -0.2) is 41.6 Å². The molecule has 0 radical (unpaired) electrons. The van der Waals surface area contributed by atoms with Crippen LogP contribution in [-0.2, 0) is 23.8 Å². The van der Waals surface area contributed by atoms with E-state index in [-0.39, 0.29) is 13.0 Å². The molecule has 1 heterocycles. The molecule has 0 spiro atoms. The van der Waals surface area contributed by atoms with E-state index in [0.29, 0.717) is 6.42 Å². The Balaban J connectivity index is 2.44. The predicted molar refractivity (Wildman–Crippen MR) is 70.7 cm³/mol. The third kappa shape index (κ3) is 4.45. The van der Waals surface area contributed by atoms with Gasteiger partial charge < -0.3 is 19.3 Å². The summed E-state index contributed by atoms with van der Waals surface area (Å²) in [4.78, 5) is 23.4. The molecule has 0 aromatic heterocycles. The minimum absolute atomic E-state index is 0.111. The van der Waals surface area contributed by atoms with Crippen LogP contribution in [0.15, 0.2) is 0 Å². The molecule has 1 fully saturated rings. The summed E-state index contributed by atoms with van der Waals surface area (Å²) in [6.45, 7) is 8.24. The number of ether oxygens (including phenoxy) is 3. The molecule has 1 aliphatic heterocycles. The third-order valence-corrected chi connectivity index (χ3v) is 3.51. The van der Waals surface area contributed by atoms with Gasteiger partial charge >= 0.3 is 11.9 Å². The van der Waals surface area contributed by atoms with Crippen molar-refractivity contribution in [3.8, 4) is 0 Å². The first-order valence-corrected chi connectivity index (χ1v) is 6.75. The maximum atomic E-state index is 11.7. The van der Waals surface area contributed by atoms with E-state index in [0.717, 1.165) is 0 Å². The van der Waals surface area contributed by atoms with Gasteiger partial charge in [-0.25, -0.2) is 4.79 Å². The second-order valence-corrected chi connectivity index (χ2v) is 6.38. The van der Waals surface area contributed by atoms with Crippen LogP contribution in [0.1, 0.15) is 47.5 Å². The molecule has 6 heteroatoms. The fraction of sp³-hybridized carbons (Fsp3) is 0.857. The van der Waals surface area contributed by atoms with E-state index in [2.05, 4.69) is 0 Å². The molecule has 0 aromatic carbocycles. The van der Waals surface area contributed by atoms with Gasteiger partial charge in [-0.2, -0.15) is 0 Å². The minimum atomic E-state index is -1.30. The Hall–Kier alpha value is -1.14. The van der Waals surface area contributed by atoms with Crippen molar-refractivity contribution in [1.29, 1.82) is 0 Å². The van der Waals surface area contributed by atoms with E-state index in [1.807, 2.05) is 6.92 Å². The molecular formula is C14H24O6. The van der Waals surface area contributed by atoms with E-state index in [1.54, 1.807) is 20.8 Å². The summed E-state index contributed by atoms with van der Waals surface area (Å²) in [5, 5.41) is 9.70. The summed E-state index contributed by atoms with van der Waals surface area (Å²) in [5.74, 6) is -2.37. The van der Waals surface area contributed by atoms with E-state index < -0.39 is 35.3 Å². The zero-order chi connectivity index (χ0) is 15.6. The van der Waals surface area contributed by atoms with Crippen molar-refractivity contribution >= 4 is 11.9 Å². The molecule has 2 unspecified atom stereocenters. The van der Waals surface area contributed by atoms with Gasteiger partial charge in [0.1, 0.15) is 5.60 Å². The van der Waals surface area contributed by atoms with Gasteiger partial charge in [-0.05, 0) is 34.1 Å². The van der Waals surface area contributed by atoms with Gasteiger partial charge in [-0.1, -0.05) is 6.92 Å². The second-order valence-electron chi connectivity index (χ2n) is 6.38. The highest BCUT2D eigenvalue weighted by atomic mass is 16.7. The average molecular weight is 288 g/mol. The van der Waals surface area contributed by atoms with E-state index in [4.69, 9.17) is 14.2 Å². The smallest absolute Gasteiger partial charge is 0.344 e. The maximum absolute atomic E-state index is 11.7. The van der Waals surface area contributed by atoms with Crippen LogP contribution in [0.5, 0.6) is 0 Å². The maximum Gasteiger partial charge on any atom is 0.344 e. The van der Waals surface area contributed by atoms with Crippen LogP contribution in [0.3, 0.4) is 0 Å². The number of carbonyl (C=O) groups excluding carboxylic acids is 2. The van der Waals surface area contributed by atoms with Gasteiger partial charge in [0, 0.05) is 6.42 Å². The monoisotopic (exact) mass is 288 g/mol. The molecule has 2 atom stereocenters. The van der Waals surface area contributed by atoms with E-state index in [1.165, 1.54) is 6.92 Å². The lowest BCUT2D eigenvalue weighted by Gasteiger charge is -2.24. The molecule has 0 aliphatic carbocycles. The fourth-order valence-electron chi connectivity index (χ4n) is 1.94. The lowest BCUT2D eigenvalue weighted by atomic mass is 9.91. The summed E-state index contributed by atoms with van der Waals surface area (Å²) < 4.78 is 15.3. The molecule has 0 bridgehead atoms. The Morgan fingerprint density at radius 2 is 1.95 bits per heavy atom. The second kappa shape index (κ2) is 5.69. The van der Waals surface area contributed by atoms with Gasteiger partial charge in [-0.3, -0.25) is 4.79 Å². The fourth-order valence-corrected chi connectivity index (χ4v) is 1.94. The number of carbonyl (C=O) groups is 2. The van der Waals surface area contributed by atoms with Gasteiger partial charge in [0.25, 0.3) is 0 Å². The van der Waals surface area contributed by atoms with Gasteiger partial charge in [0.2, 0.25) is 0 Å². The first-order chi connectivity index (χ1) is 9.00. The Morgan fingerprint density at radius 3 is 2.40 bits per heavy atom. The van der Waals surface area contributed by atoms with Crippen LogP contribution in [0.25, 0.3) is 0 Å². The Bertz CT molecular complexity index is 387. The van der Waals surface area contributed by atoms with Crippen molar-refractivity contribution in [3.05, 3.63) is 0 Å². The first kappa shape index (κ1) is 16.9. The highest BCUT2D eigenvalue weighted by Crippen LogP contribution is 2.33. The standard InChI is InChI=1S/C14H24O6/c1-6-12(2,3)11(16)18-7-10(15)20-13(4)8-14(5,17)19-9-13/h17H,6-9H2,1-5H3. The third-order valence-electron chi connectivity index (χ3n) is 3.51. The lowest BCUT2D eigenvalue weighted by Crippen LogP contribution is -2.36. The Kier molecular flexibility index (Phi) is 4.82. The molecule has 0 saturated carbocycles. The molecule has 1 N–H and O–H groups in total. The molecule has 1 rings (SSSR count). The van der Waals surface area contributed by atoms with Crippen LogP contribution in [0.2, 0.25) is 0 Å². The van der Waals surface area contributed by atoms with Crippen molar-refractivity contribution in [3.63, 3.8) is 0 Å². The van der Waals surface area contributed by atoms with Crippen molar-refractivity contribution in [2.45, 2.75) is 58.8 Å². The van der Waals surface area contributed by atoms with Gasteiger partial charge in [-0.15, -0.1) is 0 Å². The number of hydrogen-bond acceptors (Lipinski definition) is 6. The van der Waals surface area contributed by atoms with Crippen molar-refractivity contribution in [2.24, 2.45) is 5.41 Å². The molecule has 116 valence electrons. The normalized spacial score (nSPS) is 30.1. The lowest BCUT2D eigenvalue weighted by molar-refractivity contribution is -0.172. The number of hydrogen-bond donors (Lipinski definition) is 1. The summed E-state index contributed by atoms with van der Waals surface area (Å²) in [6.07, 6.45) is 0.801. The van der Waals surface area contributed by atoms with Crippen LogP contribution in [0.4, 0.5) is 0 Å². The quantitative estimate of drug-likeness (QED) is 0.770. The average Bonchev–Trinajstić information content (AvgIpc) is 2.60. The van der Waals surface area contributed by atoms with E-state index >= 15 is 0 Å². The summed E-state index contributed by atoms with van der Waals surface area (Å²) in [7, 11) is 0. The highest BCUT2D eigenvalue weighted by Gasteiger charge is 2.45. The zero-order valence-corrected chi connectivity index (χ0v) is 12.8. The van der Waals surface area contributed by atoms with E-state index in [9.17, 15) is 14.7 Å². The van der Waals surface area contributed by atoms with Crippen LogP contribution in [0, 0.1) is 5.41 Å². The number of aliphatic hydroxyl groups is 1. The van der Waals surface area contributed by atoms with Crippen molar-refractivity contribution in [1.82, 2.24) is 0 Å². The van der Waals surface area contributed by atoms with Crippen molar-refractivity contribution < 1.29 is 28.9 Å². The molecule has 0 aromatic rings. The Morgan fingerprint density at radius 1 is 1.35 bits per heavy atom. The summed E-state index contributed by atoms with van der Waals surface area (Å²) in [5.41, 5.74) is -1.52. The van der Waals surface area contributed by atoms with Gasteiger partial charge in [0.05, 0.1) is 12.0 Å². The highest BCUT2D eigenvalue weighted by molar-refractivity contribution is 5.79. The number of esters is 2. The summed E-state index contributed by atoms with van der Waals surface area (Å²) in [6, 6.07) is 0. The van der Waals surface area contributed by atoms with Crippen molar-refractivity contribution in [2.75, 3.05) is 13.2 Å². The Labute approximate surface area is 119 Å².